The Bertz CT molecular complexity index is 1800. The van der Waals surface area contributed by atoms with Gasteiger partial charge in [-0.3, -0.25) is 0 Å². The maximum Gasteiger partial charge on any atom is 0.115 e. The first-order chi connectivity index (χ1) is 19.1. The lowest BCUT2D eigenvalue weighted by Crippen LogP contribution is -2.56. The average molecular weight is 536 g/mol. The molecule has 0 bridgehead atoms. The maximum atomic E-state index is 2.49. The molecular weight excluding hydrogens is 507 g/mol. The summed E-state index contributed by atoms with van der Waals surface area (Å²) in [6, 6.07) is 51.0. The Morgan fingerprint density at radius 2 is 1.13 bits per heavy atom. The third kappa shape index (κ3) is 4.10. The van der Waals surface area contributed by atoms with Gasteiger partial charge in [0.15, 0.2) is 0 Å². The molecule has 39 heavy (non-hydrogen) atoms. The number of anilines is 3. The lowest BCUT2D eigenvalue weighted by molar-refractivity contribution is 1.24. The van der Waals surface area contributed by atoms with Gasteiger partial charge in [-0.2, -0.15) is 0 Å². The second-order valence-electron chi connectivity index (χ2n) is 10.6. The molecule has 1 aliphatic rings. The summed E-state index contributed by atoms with van der Waals surface area (Å²) in [4.78, 5) is 5.25. The Kier molecular flexibility index (Phi) is 5.91. The molecule has 7 rings (SSSR count). The van der Waals surface area contributed by atoms with Gasteiger partial charge in [0, 0.05) is 20.9 Å². The van der Waals surface area contributed by atoms with E-state index in [1.54, 1.807) is 0 Å². The van der Waals surface area contributed by atoms with E-state index >= 15 is 0 Å². The van der Waals surface area contributed by atoms with Crippen LogP contribution in [0.3, 0.4) is 0 Å². The van der Waals surface area contributed by atoms with Crippen LogP contribution in [0.25, 0.3) is 21.9 Å². The lowest BCUT2D eigenvalue weighted by atomic mass is 10.0. The fraction of sp³-hybridized carbons (Fsp3) is 0.0556. The molecule has 0 unspecified atom stereocenters. The van der Waals surface area contributed by atoms with Crippen LogP contribution < -0.4 is 15.3 Å². The summed E-state index contributed by atoms with van der Waals surface area (Å²) in [5.41, 5.74) is 6.07. The predicted molar refractivity (Wildman–Crippen MR) is 171 cm³/mol. The molecule has 0 amide bonds. The molecule has 1 aliphatic heterocycles. The lowest BCUT2D eigenvalue weighted by Gasteiger charge is -2.36. The molecule has 1 nitrogen and oxygen atoms in total. The Morgan fingerprint density at radius 3 is 1.97 bits per heavy atom. The first-order valence-electron chi connectivity index (χ1n) is 13.5. The fourth-order valence-electron chi connectivity index (χ4n) is 5.87. The van der Waals surface area contributed by atoms with Gasteiger partial charge in [0.25, 0.3) is 0 Å². The van der Waals surface area contributed by atoms with E-state index < -0.39 is 8.07 Å². The zero-order valence-corrected chi connectivity index (χ0v) is 24.0. The van der Waals surface area contributed by atoms with Crippen LogP contribution in [0.15, 0.2) is 149 Å². The van der Waals surface area contributed by atoms with E-state index in [0.29, 0.717) is 0 Å². The molecule has 0 saturated heterocycles. The Hall–Kier alpha value is -4.05. The SMILES string of the molecule is C[Si]1(C)c2ccccc2Sc2c(N(c3ccc(-c4ccccc4)cc3)c3cccc4ccccc34)cccc21. The molecule has 0 fully saturated rings. The summed E-state index contributed by atoms with van der Waals surface area (Å²) >= 11 is 1.93. The van der Waals surface area contributed by atoms with Crippen molar-refractivity contribution >= 4 is 58.0 Å². The van der Waals surface area contributed by atoms with E-state index in [2.05, 4.69) is 158 Å². The zero-order valence-electron chi connectivity index (χ0n) is 22.1. The number of fused-ring (bicyclic) bond motifs is 3. The van der Waals surface area contributed by atoms with Gasteiger partial charge in [-0.1, -0.05) is 134 Å². The van der Waals surface area contributed by atoms with E-state index in [4.69, 9.17) is 0 Å². The van der Waals surface area contributed by atoms with Gasteiger partial charge in [-0.05, 0) is 57.2 Å². The van der Waals surface area contributed by atoms with Gasteiger partial charge in [0.2, 0.25) is 0 Å². The van der Waals surface area contributed by atoms with Crippen molar-refractivity contribution in [2.45, 2.75) is 22.9 Å². The fourth-order valence-corrected chi connectivity index (χ4v) is 11.4. The van der Waals surface area contributed by atoms with Crippen molar-refractivity contribution in [1.82, 2.24) is 0 Å². The summed E-state index contributed by atoms with van der Waals surface area (Å²) < 4.78 is 0. The summed E-state index contributed by atoms with van der Waals surface area (Å²) in [6.45, 7) is 4.98. The topological polar surface area (TPSA) is 3.24 Å². The number of rotatable bonds is 4. The van der Waals surface area contributed by atoms with Gasteiger partial charge in [0.05, 0.1) is 11.4 Å². The number of hydrogen-bond donors (Lipinski definition) is 0. The molecular formula is C36H29NSSi. The van der Waals surface area contributed by atoms with Crippen molar-refractivity contribution in [3.05, 3.63) is 140 Å². The highest BCUT2D eigenvalue weighted by Gasteiger charge is 2.37. The van der Waals surface area contributed by atoms with Gasteiger partial charge in [-0.15, -0.1) is 0 Å². The molecule has 0 spiro atoms. The predicted octanol–water partition coefficient (Wildman–Crippen LogP) is 9.26. The van der Waals surface area contributed by atoms with Crippen LogP contribution in [-0.4, -0.2) is 8.07 Å². The smallest absolute Gasteiger partial charge is 0.115 e. The maximum absolute atomic E-state index is 2.49. The number of benzene rings is 6. The normalized spacial score (nSPS) is 13.5. The van der Waals surface area contributed by atoms with E-state index in [-0.39, 0.29) is 0 Å². The molecule has 6 aromatic rings. The second kappa shape index (κ2) is 9.60. The van der Waals surface area contributed by atoms with Crippen molar-refractivity contribution in [3.8, 4) is 11.1 Å². The van der Waals surface area contributed by atoms with Crippen molar-refractivity contribution in [3.63, 3.8) is 0 Å². The van der Waals surface area contributed by atoms with Crippen LogP contribution in [0.4, 0.5) is 17.1 Å². The van der Waals surface area contributed by atoms with Crippen LogP contribution in [0.5, 0.6) is 0 Å². The van der Waals surface area contributed by atoms with Crippen molar-refractivity contribution in [2.24, 2.45) is 0 Å². The molecule has 0 N–H and O–H groups in total. The van der Waals surface area contributed by atoms with Gasteiger partial charge >= 0.3 is 0 Å². The van der Waals surface area contributed by atoms with Crippen LogP contribution >= 0.6 is 11.8 Å². The highest BCUT2D eigenvalue weighted by Crippen LogP contribution is 2.46. The van der Waals surface area contributed by atoms with Crippen molar-refractivity contribution < 1.29 is 0 Å². The van der Waals surface area contributed by atoms with Crippen LogP contribution in [0.1, 0.15) is 0 Å². The minimum Gasteiger partial charge on any atom is -0.309 e. The van der Waals surface area contributed by atoms with Crippen LogP contribution in [0.2, 0.25) is 13.1 Å². The minimum absolute atomic E-state index is 1.17. The summed E-state index contributed by atoms with van der Waals surface area (Å²) in [6.07, 6.45) is 0. The van der Waals surface area contributed by atoms with Gasteiger partial charge in [-0.25, -0.2) is 0 Å². The molecule has 0 atom stereocenters. The van der Waals surface area contributed by atoms with Gasteiger partial charge < -0.3 is 4.90 Å². The van der Waals surface area contributed by atoms with E-state index in [1.807, 2.05) is 11.8 Å². The Morgan fingerprint density at radius 1 is 0.513 bits per heavy atom. The molecule has 0 saturated carbocycles. The van der Waals surface area contributed by atoms with Gasteiger partial charge in [0.1, 0.15) is 8.07 Å². The standard InChI is InChI=1S/C36H29NSSi/c1-39(2)34-20-9-8-19-33(34)38-36-32(18-11-21-35(36)39)37(31-17-10-15-28-14-6-7-16-30(28)31)29-24-22-27(23-25-29)26-12-4-3-5-13-26/h3-25H,1-2H3. The first-order valence-corrected chi connectivity index (χ1v) is 17.3. The van der Waals surface area contributed by atoms with Crippen molar-refractivity contribution in [1.29, 1.82) is 0 Å². The van der Waals surface area contributed by atoms with E-state index in [1.165, 1.54) is 59.1 Å². The van der Waals surface area contributed by atoms with E-state index in [9.17, 15) is 0 Å². The van der Waals surface area contributed by atoms with Crippen molar-refractivity contribution in [2.75, 3.05) is 4.90 Å². The molecule has 3 heteroatoms. The molecule has 0 aromatic heterocycles. The Labute approximate surface area is 235 Å². The number of nitrogens with zero attached hydrogens (tertiary/aromatic N) is 1. The second-order valence-corrected chi connectivity index (χ2v) is 16.0. The molecule has 0 aliphatic carbocycles. The van der Waals surface area contributed by atoms with Crippen LogP contribution in [-0.2, 0) is 0 Å². The summed E-state index contributed by atoms with van der Waals surface area (Å²) in [7, 11) is -1.87. The largest absolute Gasteiger partial charge is 0.309 e. The summed E-state index contributed by atoms with van der Waals surface area (Å²) in [5.74, 6) is 0. The van der Waals surface area contributed by atoms with Crippen LogP contribution in [0, 0.1) is 0 Å². The third-order valence-corrected chi connectivity index (χ3v) is 13.0. The third-order valence-electron chi connectivity index (χ3n) is 7.92. The zero-order chi connectivity index (χ0) is 26.4. The highest BCUT2D eigenvalue weighted by molar-refractivity contribution is 8.00. The molecule has 188 valence electrons. The molecule has 6 aromatic carbocycles. The average Bonchev–Trinajstić information content (AvgIpc) is 2.99. The molecule has 1 heterocycles. The Balaban J connectivity index is 1.46. The highest BCUT2D eigenvalue weighted by atomic mass is 32.2. The number of hydrogen-bond acceptors (Lipinski definition) is 2. The van der Waals surface area contributed by atoms with E-state index in [0.717, 1.165) is 0 Å². The quantitative estimate of drug-likeness (QED) is 0.207. The minimum atomic E-state index is -1.87. The summed E-state index contributed by atoms with van der Waals surface area (Å²) in [5, 5.41) is 5.54. The first kappa shape index (κ1) is 24.0. The molecule has 0 radical (unpaired) electrons. The monoisotopic (exact) mass is 535 g/mol.